The molecule has 0 bridgehead atoms. The SMILES string of the molecule is CC(=O)O[C@@H](C1CCC2C(CC3C4CCC5C(C)(C)[C@@H](OC6CN(C7CN(C(=O)OC(C)(C)C)C7)CCO6)CC[C@@]56C[C@@]46CCC23C)O1)C(C)(C)O.[HH]. The fourth-order valence-corrected chi connectivity index (χ4v) is 14.0. The Morgan fingerprint density at radius 3 is 2.33 bits per heavy atom. The molecule has 8 rings (SSSR count). The molecule has 1 amide bonds. The molecule has 0 radical (unpaired) electrons. The Bertz CT molecular complexity index is 1410. The van der Waals surface area contributed by atoms with E-state index in [1.807, 2.05) is 25.7 Å². The Balaban J connectivity index is 0.00000435. The van der Waals surface area contributed by atoms with Crippen LogP contribution in [0.2, 0.25) is 0 Å². The molecule has 296 valence electrons. The van der Waals surface area contributed by atoms with Crippen molar-refractivity contribution in [1.29, 1.82) is 0 Å². The topological polar surface area (TPSA) is 107 Å². The van der Waals surface area contributed by atoms with Crippen molar-refractivity contribution in [2.24, 2.45) is 45.3 Å². The number of likely N-dealkylation sites (tertiary alicyclic amines) is 1. The number of hydrogen-bond acceptors (Lipinski definition) is 9. The molecule has 8 fully saturated rings. The largest absolute Gasteiger partial charge is 0.457 e. The number of amides is 1. The fourth-order valence-electron chi connectivity index (χ4n) is 14.0. The Kier molecular flexibility index (Phi) is 9.02. The zero-order valence-corrected chi connectivity index (χ0v) is 33.6. The molecule has 3 heterocycles. The normalized spacial score (nSPS) is 44.9. The number of nitrogens with zero attached hydrogens (tertiary/aromatic N) is 2. The highest BCUT2D eigenvalue weighted by atomic mass is 16.7. The lowest BCUT2D eigenvalue weighted by Crippen LogP contribution is -2.64. The first-order chi connectivity index (χ1) is 24.3. The molecule has 5 saturated carbocycles. The van der Waals surface area contributed by atoms with E-state index in [9.17, 15) is 14.7 Å². The van der Waals surface area contributed by atoms with Crippen LogP contribution >= 0.6 is 0 Å². The molecular formula is C42H70N2O8. The first-order valence-electron chi connectivity index (χ1n) is 20.8. The van der Waals surface area contributed by atoms with Crippen LogP contribution in [-0.4, -0.2) is 108 Å². The van der Waals surface area contributed by atoms with Crippen LogP contribution in [0.3, 0.4) is 0 Å². The lowest BCUT2D eigenvalue weighted by Gasteiger charge is -2.60. The van der Waals surface area contributed by atoms with Crippen LogP contribution in [0.4, 0.5) is 4.79 Å². The van der Waals surface area contributed by atoms with Crippen molar-refractivity contribution < 1.29 is 39.8 Å². The molecule has 10 nitrogen and oxygen atoms in total. The molecule has 1 N–H and O–H groups in total. The molecule has 0 aromatic carbocycles. The third-order valence-electron chi connectivity index (χ3n) is 16.3. The Morgan fingerprint density at radius 2 is 1.63 bits per heavy atom. The van der Waals surface area contributed by atoms with E-state index in [2.05, 4.69) is 25.7 Å². The summed E-state index contributed by atoms with van der Waals surface area (Å²) in [6, 6.07) is 0.330. The highest BCUT2D eigenvalue weighted by Gasteiger charge is 2.80. The van der Waals surface area contributed by atoms with Crippen molar-refractivity contribution in [1.82, 2.24) is 9.80 Å². The molecule has 52 heavy (non-hydrogen) atoms. The summed E-state index contributed by atoms with van der Waals surface area (Å²) < 4.78 is 31.4. The van der Waals surface area contributed by atoms with E-state index >= 15 is 0 Å². The fraction of sp³-hybridized carbons (Fsp3) is 0.952. The number of morpholine rings is 1. The first-order valence-corrected chi connectivity index (χ1v) is 20.8. The molecule has 8 aliphatic rings. The average Bonchev–Trinajstić information content (AvgIpc) is 3.59. The maximum absolute atomic E-state index is 12.5. The number of rotatable bonds is 6. The first kappa shape index (κ1) is 37.5. The maximum Gasteiger partial charge on any atom is 0.410 e. The van der Waals surface area contributed by atoms with Gasteiger partial charge >= 0.3 is 12.1 Å². The molecule has 8 unspecified atom stereocenters. The molecule has 10 heteroatoms. The summed E-state index contributed by atoms with van der Waals surface area (Å²) >= 11 is 0. The number of ether oxygens (including phenoxy) is 5. The van der Waals surface area contributed by atoms with E-state index in [0.29, 0.717) is 54.3 Å². The number of aliphatic hydroxyl groups is 1. The van der Waals surface area contributed by atoms with E-state index in [0.717, 1.165) is 44.7 Å². The second-order valence-corrected chi connectivity index (χ2v) is 21.0. The average molecular weight is 731 g/mol. The van der Waals surface area contributed by atoms with Crippen molar-refractivity contribution in [3.8, 4) is 0 Å². The molecule has 2 spiro atoms. The number of hydrogen-bond donors (Lipinski definition) is 1. The van der Waals surface area contributed by atoms with Crippen LogP contribution in [0, 0.1) is 45.3 Å². The molecule has 5 aliphatic carbocycles. The standard InChI is InChI=1S/C42H68N2O8.H2/c1-25(45)49-35(39(7,8)47)30-12-10-28-31(50-30)20-29-27-11-13-32-38(5,6)33(14-15-42(32)24-41(27,42)17-16-40(28,29)9)51-34-23-43(18-19-48-34)26-21-44(22-26)36(46)52-37(2,3)4;/h26-35,47H,10-24H2,1-9H3;1H/t27?,28?,29?,30?,31?,32?,33-,34?,35-,40?,41-,42+;/m0./s1. The molecular weight excluding hydrogens is 660 g/mol. The Labute approximate surface area is 313 Å². The lowest BCUT2D eigenvalue weighted by atomic mass is 9.46. The van der Waals surface area contributed by atoms with Gasteiger partial charge in [0.15, 0.2) is 12.4 Å². The zero-order chi connectivity index (χ0) is 37.2. The van der Waals surface area contributed by atoms with Crippen LogP contribution in [0.15, 0.2) is 0 Å². The van der Waals surface area contributed by atoms with Crippen molar-refractivity contribution in [2.75, 3.05) is 32.8 Å². The minimum Gasteiger partial charge on any atom is -0.457 e. The predicted octanol–water partition coefficient (Wildman–Crippen LogP) is 6.80. The van der Waals surface area contributed by atoms with Crippen LogP contribution in [0.1, 0.15) is 128 Å². The monoisotopic (exact) mass is 731 g/mol. The minimum absolute atomic E-state index is 0. The van der Waals surface area contributed by atoms with Crippen molar-refractivity contribution in [3.63, 3.8) is 0 Å². The lowest BCUT2D eigenvalue weighted by molar-refractivity contribution is -0.250. The minimum atomic E-state index is -1.15. The number of carbonyl (C=O) groups excluding carboxylic acids is 2. The summed E-state index contributed by atoms with van der Waals surface area (Å²) in [7, 11) is 0. The van der Waals surface area contributed by atoms with E-state index in [1.165, 1.54) is 45.4 Å². The van der Waals surface area contributed by atoms with E-state index < -0.39 is 17.3 Å². The summed E-state index contributed by atoms with van der Waals surface area (Å²) in [5.41, 5.74) is -0.389. The molecule has 3 aliphatic heterocycles. The predicted molar refractivity (Wildman–Crippen MR) is 197 cm³/mol. The van der Waals surface area contributed by atoms with Crippen molar-refractivity contribution in [2.45, 2.75) is 174 Å². The Morgan fingerprint density at radius 1 is 0.904 bits per heavy atom. The van der Waals surface area contributed by atoms with Gasteiger partial charge in [0.2, 0.25) is 0 Å². The van der Waals surface area contributed by atoms with Gasteiger partial charge in [0.1, 0.15) is 5.60 Å². The summed E-state index contributed by atoms with van der Waals surface area (Å²) in [5, 5.41) is 10.9. The van der Waals surface area contributed by atoms with E-state index in [-0.39, 0.29) is 48.9 Å². The van der Waals surface area contributed by atoms with Crippen LogP contribution in [0.5, 0.6) is 0 Å². The zero-order valence-electron chi connectivity index (χ0n) is 33.6. The summed E-state index contributed by atoms with van der Waals surface area (Å²) in [6.45, 7) is 21.9. The number of esters is 1. The van der Waals surface area contributed by atoms with Crippen LogP contribution in [0.25, 0.3) is 0 Å². The van der Waals surface area contributed by atoms with Crippen molar-refractivity contribution >= 4 is 12.1 Å². The molecule has 0 aromatic rings. The maximum atomic E-state index is 12.5. The van der Waals surface area contributed by atoms with Gasteiger partial charge in [-0.3, -0.25) is 9.69 Å². The van der Waals surface area contributed by atoms with Crippen LogP contribution < -0.4 is 0 Å². The van der Waals surface area contributed by atoms with Gasteiger partial charge in [0.25, 0.3) is 0 Å². The third-order valence-corrected chi connectivity index (χ3v) is 16.3. The quantitative estimate of drug-likeness (QED) is 0.295. The van der Waals surface area contributed by atoms with Gasteiger partial charge in [0.05, 0.1) is 37.1 Å². The van der Waals surface area contributed by atoms with E-state index in [1.54, 1.807) is 13.8 Å². The second kappa shape index (κ2) is 12.5. The summed E-state index contributed by atoms with van der Waals surface area (Å²) in [4.78, 5) is 28.8. The van der Waals surface area contributed by atoms with Gasteiger partial charge in [-0.2, -0.15) is 0 Å². The molecule has 3 saturated heterocycles. The van der Waals surface area contributed by atoms with Crippen molar-refractivity contribution in [3.05, 3.63) is 0 Å². The third kappa shape index (κ3) is 5.97. The van der Waals surface area contributed by atoms with Gasteiger partial charge in [-0.1, -0.05) is 20.8 Å². The number of fused-ring (bicyclic) bond motifs is 4. The Hall–Kier alpha value is -1.46. The summed E-state index contributed by atoms with van der Waals surface area (Å²) in [5.74, 6) is 2.25. The second-order valence-electron chi connectivity index (χ2n) is 21.0. The van der Waals surface area contributed by atoms with Gasteiger partial charge in [0, 0.05) is 34.0 Å². The number of carbonyl (C=O) groups is 2. The van der Waals surface area contributed by atoms with Gasteiger partial charge in [-0.15, -0.1) is 0 Å². The highest BCUT2D eigenvalue weighted by molar-refractivity contribution is 5.69. The summed E-state index contributed by atoms with van der Waals surface area (Å²) in [6.07, 6.45) is 11.0. The smallest absolute Gasteiger partial charge is 0.410 e. The van der Waals surface area contributed by atoms with Gasteiger partial charge in [-0.25, -0.2) is 4.79 Å². The van der Waals surface area contributed by atoms with E-state index in [4.69, 9.17) is 23.7 Å². The molecule has 12 atom stereocenters. The highest BCUT2D eigenvalue weighted by Crippen LogP contribution is 2.87. The molecule has 0 aromatic heterocycles. The van der Waals surface area contributed by atoms with Crippen LogP contribution in [-0.2, 0) is 28.5 Å². The van der Waals surface area contributed by atoms with Gasteiger partial charge in [-0.05, 0) is 144 Å². The van der Waals surface area contributed by atoms with Gasteiger partial charge < -0.3 is 33.7 Å².